The molecule has 120 valence electrons. The molecule has 3 N–H and O–H groups in total. The third kappa shape index (κ3) is 5.01. The number of methoxy groups -OCH3 is 1. The molecule has 2 rings (SSSR count). The summed E-state index contributed by atoms with van der Waals surface area (Å²) in [5, 5.41) is 10.8. The van der Waals surface area contributed by atoms with Crippen molar-refractivity contribution in [1.82, 2.24) is 20.3 Å². The van der Waals surface area contributed by atoms with Gasteiger partial charge in [0.25, 0.3) is 0 Å². The Balaban J connectivity index is 0.00000242. The van der Waals surface area contributed by atoms with Gasteiger partial charge >= 0.3 is 0 Å². The van der Waals surface area contributed by atoms with Crippen LogP contribution in [0.4, 0.5) is 0 Å². The molecule has 1 unspecified atom stereocenters. The molecule has 22 heavy (non-hydrogen) atoms. The zero-order valence-corrected chi connectivity index (χ0v) is 13.3. The van der Waals surface area contributed by atoms with Crippen LogP contribution in [0.15, 0.2) is 30.5 Å². The Bertz CT molecular complexity index is 598. The molecule has 7 nitrogen and oxygen atoms in total. The second kappa shape index (κ2) is 8.35. The fourth-order valence-corrected chi connectivity index (χ4v) is 1.79. The van der Waals surface area contributed by atoms with Crippen molar-refractivity contribution in [1.29, 1.82) is 0 Å². The Morgan fingerprint density at radius 3 is 2.68 bits per heavy atom. The van der Waals surface area contributed by atoms with E-state index in [0.717, 1.165) is 11.4 Å². The standard InChI is InChI=1S/C14H19N5O2.ClH/c1-10(15)7-14(20)16-8-11-9-19(18-17-11)12-3-5-13(21-2)6-4-12;/h3-6,9-10H,7-8,15H2,1-2H3,(H,16,20);1H. The van der Waals surface area contributed by atoms with Gasteiger partial charge in [0.1, 0.15) is 11.4 Å². The molecule has 1 heterocycles. The number of amides is 1. The molecule has 0 bridgehead atoms. The molecular formula is C14H20ClN5O2. The Labute approximate surface area is 135 Å². The molecule has 2 aromatic rings. The predicted molar refractivity (Wildman–Crippen MR) is 85.3 cm³/mol. The Morgan fingerprint density at radius 2 is 2.09 bits per heavy atom. The number of benzene rings is 1. The Morgan fingerprint density at radius 1 is 1.41 bits per heavy atom. The number of carbonyl (C=O) groups excluding carboxylic acids is 1. The lowest BCUT2D eigenvalue weighted by molar-refractivity contribution is -0.121. The molecule has 0 saturated carbocycles. The summed E-state index contributed by atoms with van der Waals surface area (Å²) < 4.78 is 6.75. The van der Waals surface area contributed by atoms with E-state index in [1.807, 2.05) is 24.3 Å². The molecule has 0 saturated heterocycles. The van der Waals surface area contributed by atoms with Gasteiger partial charge in [0.15, 0.2) is 0 Å². The Kier molecular flexibility index (Phi) is 6.81. The normalized spacial score (nSPS) is 11.4. The number of carbonyl (C=O) groups is 1. The minimum atomic E-state index is -0.153. The lowest BCUT2D eigenvalue weighted by Crippen LogP contribution is -2.29. The fourth-order valence-electron chi connectivity index (χ4n) is 1.79. The van der Waals surface area contributed by atoms with E-state index in [2.05, 4.69) is 15.6 Å². The SMILES string of the molecule is COc1ccc(-n2cc(CNC(=O)CC(C)N)nn2)cc1.Cl. The van der Waals surface area contributed by atoms with Crippen LogP contribution >= 0.6 is 12.4 Å². The highest BCUT2D eigenvalue weighted by Crippen LogP contribution is 2.14. The fraction of sp³-hybridized carbons (Fsp3) is 0.357. The molecule has 1 amide bonds. The smallest absolute Gasteiger partial charge is 0.221 e. The van der Waals surface area contributed by atoms with E-state index in [0.29, 0.717) is 18.7 Å². The summed E-state index contributed by atoms with van der Waals surface area (Å²) in [6.45, 7) is 2.13. The van der Waals surface area contributed by atoms with Crippen molar-refractivity contribution in [2.75, 3.05) is 7.11 Å². The van der Waals surface area contributed by atoms with E-state index < -0.39 is 0 Å². The summed E-state index contributed by atoms with van der Waals surface area (Å²) in [5.41, 5.74) is 7.12. The summed E-state index contributed by atoms with van der Waals surface area (Å²) in [7, 11) is 1.62. The van der Waals surface area contributed by atoms with Gasteiger partial charge in [-0.05, 0) is 31.2 Å². The number of halogens is 1. The first-order valence-electron chi connectivity index (χ1n) is 6.66. The van der Waals surface area contributed by atoms with Crippen LogP contribution in [0.2, 0.25) is 0 Å². The van der Waals surface area contributed by atoms with Crippen molar-refractivity contribution in [3.8, 4) is 11.4 Å². The van der Waals surface area contributed by atoms with Crippen LogP contribution in [0.5, 0.6) is 5.75 Å². The number of nitrogens with one attached hydrogen (secondary N) is 1. The summed E-state index contributed by atoms with van der Waals surface area (Å²) in [5.74, 6) is 0.686. The molecule has 0 aliphatic heterocycles. The summed E-state index contributed by atoms with van der Waals surface area (Å²) in [4.78, 5) is 11.5. The minimum absolute atomic E-state index is 0. The second-order valence-electron chi connectivity index (χ2n) is 4.81. The van der Waals surface area contributed by atoms with Crippen LogP contribution in [-0.4, -0.2) is 34.1 Å². The van der Waals surface area contributed by atoms with Crippen molar-refractivity contribution in [3.05, 3.63) is 36.2 Å². The van der Waals surface area contributed by atoms with Gasteiger partial charge in [-0.1, -0.05) is 5.21 Å². The largest absolute Gasteiger partial charge is 0.497 e. The van der Waals surface area contributed by atoms with Gasteiger partial charge in [-0.25, -0.2) is 4.68 Å². The average molecular weight is 326 g/mol. The number of ether oxygens (including phenoxy) is 1. The molecule has 1 atom stereocenters. The highest BCUT2D eigenvalue weighted by atomic mass is 35.5. The van der Waals surface area contributed by atoms with E-state index in [1.165, 1.54) is 0 Å². The van der Waals surface area contributed by atoms with Crippen molar-refractivity contribution < 1.29 is 9.53 Å². The third-order valence-electron chi connectivity index (χ3n) is 2.85. The molecular weight excluding hydrogens is 306 g/mol. The van der Waals surface area contributed by atoms with Gasteiger partial charge < -0.3 is 15.8 Å². The first kappa shape index (κ1) is 17.9. The minimum Gasteiger partial charge on any atom is -0.497 e. The third-order valence-corrected chi connectivity index (χ3v) is 2.85. The number of nitrogens with zero attached hydrogens (tertiary/aromatic N) is 3. The van der Waals surface area contributed by atoms with E-state index >= 15 is 0 Å². The number of aromatic nitrogens is 3. The van der Waals surface area contributed by atoms with Crippen LogP contribution in [-0.2, 0) is 11.3 Å². The van der Waals surface area contributed by atoms with Gasteiger partial charge in [-0.3, -0.25) is 4.79 Å². The first-order chi connectivity index (χ1) is 10.1. The maximum Gasteiger partial charge on any atom is 0.221 e. The Hall–Kier alpha value is -2.12. The topological polar surface area (TPSA) is 95.1 Å². The van der Waals surface area contributed by atoms with Gasteiger partial charge in [-0.2, -0.15) is 0 Å². The predicted octanol–water partition coefficient (Wildman–Crippen LogP) is 1.05. The molecule has 0 aliphatic carbocycles. The van der Waals surface area contributed by atoms with Crippen molar-refractivity contribution in [2.45, 2.75) is 25.9 Å². The number of nitrogens with two attached hydrogens (primary N) is 1. The zero-order valence-electron chi connectivity index (χ0n) is 12.5. The number of hydrogen-bond donors (Lipinski definition) is 2. The molecule has 0 aliphatic rings. The quantitative estimate of drug-likeness (QED) is 0.827. The van der Waals surface area contributed by atoms with Crippen molar-refractivity contribution in [3.63, 3.8) is 0 Å². The van der Waals surface area contributed by atoms with Crippen molar-refractivity contribution in [2.24, 2.45) is 5.73 Å². The van der Waals surface area contributed by atoms with E-state index in [1.54, 1.807) is 24.9 Å². The maximum absolute atomic E-state index is 11.5. The number of hydrogen-bond acceptors (Lipinski definition) is 5. The van der Waals surface area contributed by atoms with Crippen LogP contribution in [0, 0.1) is 0 Å². The highest BCUT2D eigenvalue weighted by Gasteiger charge is 2.07. The molecule has 1 aromatic carbocycles. The highest BCUT2D eigenvalue weighted by molar-refractivity contribution is 5.85. The molecule has 0 spiro atoms. The maximum atomic E-state index is 11.5. The molecule has 8 heteroatoms. The van der Waals surface area contributed by atoms with Gasteiger partial charge in [0, 0.05) is 12.5 Å². The lowest BCUT2D eigenvalue weighted by Gasteiger charge is -2.05. The van der Waals surface area contributed by atoms with Crippen LogP contribution in [0.1, 0.15) is 19.0 Å². The summed E-state index contributed by atoms with van der Waals surface area (Å²) in [6.07, 6.45) is 2.07. The van der Waals surface area contributed by atoms with Gasteiger partial charge in [0.05, 0.1) is 25.5 Å². The first-order valence-corrected chi connectivity index (χ1v) is 6.66. The van der Waals surface area contributed by atoms with E-state index in [-0.39, 0.29) is 24.4 Å². The monoisotopic (exact) mass is 325 g/mol. The molecule has 0 fully saturated rings. The molecule has 1 aromatic heterocycles. The van der Waals surface area contributed by atoms with E-state index in [4.69, 9.17) is 10.5 Å². The number of rotatable bonds is 6. The second-order valence-corrected chi connectivity index (χ2v) is 4.81. The van der Waals surface area contributed by atoms with Gasteiger partial charge in [-0.15, -0.1) is 17.5 Å². The molecule has 0 radical (unpaired) electrons. The summed E-state index contributed by atoms with van der Waals surface area (Å²) >= 11 is 0. The van der Waals surface area contributed by atoms with E-state index in [9.17, 15) is 4.79 Å². The van der Waals surface area contributed by atoms with Gasteiger partial charge in [0.2, 0.25) is 5.91 Å². The van der Waals surface area contributed by atoms with Crippen LogP contribution in [0.25, 0.3) is 5.69 Å². The zero-order chi connectivity index (χ0) is 15.2. The van der Waals surface area contributed by atoms with Crippen LogP contribution in [0.3, 0.4) is 0 Å². The van der Waals surface area contributed by atoms with Crippen molar-refractivity contribution >= 4 is 18.3 Å². The van der Waals surface area contributed by atoms with Crippen LogP contribution < -0.4 is 15.8 Å². The summed E-state index contributed by atoms with van der Waals surface area (Å²) in [6, 6.07) is 7.31. The average Bonchev–Trinajstić information content (AvgIpc) is 2.93. The lowest BCUT2D eigenvalue weighted by atomic mass is 10.2.